The molecule has 2 N–H and O–H groups in total. The van der Waals surface area contributed by atoms with Crippen molar-refractivity contribution in [3.05, 3.63) is 69.2 Å². The monoisotopic (exact) mass is 535 g/mol. The first-order chi connectivity index (χ1) is 17.2. The van der Waals surface area contributed by atoms with Gasteiger partial charge in [-0.3, -0.25) is 9.48 Å². The third-order valence-corrected chi connectivity index (χ3v) is 7.30. The molecule has 1 aromatic heterocycles. The summed E-state index contributed by atoms with van der Waals surface area (Å²) in [5, 5.41) is 18.3. The van der Waals surface area contributed by atoms with Gasteiger partial charge in [0.25, 0.3) is 5.91 Å². The fourth-order valence-corrected chi connectivity index (χ4v) is 5.36. The van der Waals surface area contributed by atoms with Crippen LogP contribution in [-0.4, -0.2) is 63.1 Å². The van der Waals surface area contributed by atoms with Crippen molar-refractivity contribution in [1.29, 1.82) is 0 Å². The minimum absolute atomic E-state index is 0.00826. The number of alkyl halides is 3. The van der Waals surface area contributed by atoms with E-state index in [9.17, 15) is 23.1 Å². The van der Waals surface area contributed by atoms with Crippen LogP contribution < -0.4 is 5.32 Å². The molecule has 2 aromatic carbocycles. The highest BCUT2D eigenvalue weighted by molar-refractivity contribution is 8.18. The van der Waals surface area contributed by atoms with E-state index in [1.165, 1.54) is 28.6 Å². The highest BCUT2D eigenvalue weighted by Gasteiger charge is 2.34. The Hall–Kier alpha value is -2.86. The molecular formula is C24H21ClF3N5O2S. The van der Waals surface area contributed by atoms with Gasteiger partial charge in [-0.05, 0) is 53.2 Å². The van der Waals surface area contributed by atoms with Gasteiger partial charge >= 0.3 is 6.18 Å². The quantitative estimate of drug-likeness (QED) is 0.492. The van der Waals surface area contributed by atoms with E-state index in [0.717, 1.165) is 17.0 Å². The van der Waals surface area contributed by atoms with Crippen molar-refractivity contribution in [1.82, 2.24) is 20.0 Å². The van der Waals surface area contributed by atoms with Gasteiger partial charge in [0, 0.05) is 36.1 Å². The van der Waals surface area contributed by atoms with E-state index in [0.29, 0.717) is 35.2 Å². The van der Waals surface area contributed by atoms with Gasteiger partial charge in [0.05, 0.1) is 35.3 Å². The lowest BCUT2D eigenvalue weighted by atomic mass is 10.1. The summed E-state index contributed by atoms with van der Waals surface area (Å²) in [7, 11) is 0. The number of amidine groups is 1. The van der Waals surface area contributed by atoms with Gasteiger partial charge < -0.3 is 15.3 Å². The van der Waals surface area contributed by atoms with Crippen molar-refractivity contribution in [2.24, 2.45) is 4.99 Å². The maximum absolute atomic E-state index is 13.5. The number of thioether (sulfide) groups is 1. The Kier molecular flexibility index (Phi) is 6.82. The number of rotatable bonds is 4. The minimum Gasteiger partial charge on any atom is -0.395 e. The molecule has 1 saturated heterocycles. The highest BCUT2D eigenvalue weighted by Crippen LogP contribution is 2.35. The second-order valence-corrected chi connectivity index (χ2v) is 9.96. The van der Waals surface area contributed by atoms with E-state index >= 15 is 0 Å². The number of piperazine rings is 1. The maximum atomic E-state index is 13.5. The largest absolute Gasteiger partial charge is 0.416 e. The molecule has 2 aliphatic heterocycles. The SMILES string of the molecule is O=C1N=C(N2CCNC(CO)C2)SC1=Cc1ccc2c(cnn2Cc2ccc(Cl)cc2C(F)(F)F)c1. The number of aliphatic hydroxyl groups is 1. The van der Waals surface area contributed by atoms with Crippen molar-refractivity contribution in [2.75, 3.05) is 26.2 Å². The Balaban J connectivity index is 1.35. The molecule has 5 rings (SSSR count). The lowest BCUT2D eigenvalue weighted by molar-refractivity contribution is -0.138. The second kappa shape index (κ2) is 9.89. The molecule has 0 aliphatic carbocycles. The molecule has 1 amide bonds. The average Bonchev–Trinajstić information content (AvgIpc) is 3.42. The molecule has 7 nitrogen and oxygen atoms in total. The topological polar surface area (TPSA) is 82.8 Å². The zero-order valence-corrected chi connectivity index (χ0v) is 20.4. The van der Waals surface area contributed by atoms with Crippen molar-refractivity contribution in [3.63, 3.8) is 0 Å². The Labute approximate surface area is 213 Å². The number of hydrogen-bond acceptors (Lipinski definition) is 6. The number of nitrogens with one attached hydrogen (secondary N) is 1. The van der Waals surface area contributed by atoms with Gasteiger partial charge in [-0.25, -0.2) is 0 Å². The van der Waals surface area contributed by atoms with Crippen LogP contribution in [0.2, 0.25) is 5.02 Å². The smallest absolute Gasteiger partial charge is 0.395 e. The van der Waals surface area contributed by atoms with Gasteiger partial charge in [-0.15, -0.1) is 0 Å². The van der Waals surface area contributed by atoms with Gasteiger partial charge in [-0.2, -0.15) is 23.3 Å². The Morgan fingerprint density at radius 2 is 2.08 bits per heavy atom. The summed E-state index contributed by atoms with van der Waals surface area (Å²) < 4.78 is 41.9. The third-order valence-electron chi connectivity index (χ3n) is 6.02. The van der Waals surface area contributed by atoms with Crippen LogP contribution in [0.3, 0.4) is 0 Å². The van der Waals surface area contributed by atoms with E-state index in [2.05, 4.69) is 15.4 Å². The normalized spacial score (nSPS) is 20.0. The molecule has 3 heterocycles. The molecule has 36 heavy (non-hydrogen) atoms. The Morgan fingerprint density at radius 3 is 2.86 bits per heavy atom. The van der Waals surface area contributed by atoms with Crippen LogP contribution >= 0.6 is 23.4 Å². The molecular weight excluding hydrogens is 515 g/mol. The van der Waals surface area contributed by atoms with E-state index in [-0.39, 0.29) is 35.7 Å². The van der Waals surface area contributed by atoms with Crippen LogP contribution in [0, 0.1) is 0 Å². The summed E-state index contributed by atoms with van der Waals surface area (Å²) in [5.74, 6) is -0.327. The maximum Gasteiger partial charge on any atom is 0.416 e. The number of aliphatic imine (C=N–C) groups is 1. The van der Waals surface area contributed by atoms with Crippen molar-refractivity contribution in [2.45, 2.75) is 18.8 Å². The van der Waals surface area contributed by atoms with E-state index in [1.54, 1.807) is 24.4 Å². The van der Waals surface area contributed by atoms with Crippen LogP contribution in [-0.2, 0) is 17.5 Å². The summed E-state index contributed by atoms with van der Waals surface area (Å²) in [6.45, 7) is 1.89. The summed E-state index contributed by atoms with van der Waals surface area (Å²) in [5.41, 5.74) is 0.697. The predicted octanol–water partition coefficient (Wildman–Crippen LogP) is 3.99. The van der Waals surface area contributed by atoms with E-state index < -0.39 is 11.7 Å². The Morgan fingerprint density at radius 1 is 1.25 bits per heavy atom. The molecule has 2 aliphatic rings. The molecule has 1 atom stereocenters. The predicted molar refractivity (Wildman–Crippen MR) is 134 cm³/mol. The molecule has 3 aromatic rings. The van der Waals surface area contributed by atoms with Gasteiger partial charge in [0.15, 0.2) is 5.17 Å². The average molecular weight is 536 g/mol. The number of hydrogen-bond donors (Lipinski definition) is 2. The Bertz CT molecular complexity index is 1390. The molecule has 1 fully saturated rings. The zero-order chi connectivity index (χ0) is 25.4. The summed E-state index contributed by atoms with van der Waals surface area (Å²) >= 11 is 7.08. The van der Waals surface area contributed by atoms with Gasteiger partial charge in [-0.1, -0.05) is 23.7 Å². The summed E-state index contributed by atoms with van der Waals surface area (Å²) in [6, 6.07) is 9.03. The van der Waals surface area contributed by atoms with Gasteiger partial charge in [0.1, 0.15) is 0 Å². The van der Waals surface area contributed by atoms with Crippen molar-refractivity contribution in [3.8, 4) is 0 Å². The molecule has 1 unspecified atom stereocenters. The number of nitrogens with zero attached hydrogens (tertiary/aromatic N) is 4. The lowest BCUT2D eigenvalue weighted by Gasteiger charge is -2.33. The number of carbonyl (C=O) groups is 1. The molecule has 0 spiro atoms. The number of aromatic nitrogens is 2. The van der Waals surface area contributed by atoms with Crippen molar-refractivity contribution < 1.29 is 23.1 Å². The zero-order valence-electron chi connectivity index (χ0n) is 18.8. The fourth-order valence-electron chi connectivity index (χ4n) is 4.24. The number of carbonyl (C=O) groups excluding carboxylic acids is 1. The summed E-state index contributed by atoms with van der Waals surface area (Å²) in [6.07, 6.45) is -1.20. The first-order valence-corrected chi connectivity index (χ1v) is 12.3. The standard InChI is InChI=1S/C24H21ClF3N5O2S/c25-17-3-2-15(19(9-17)24(26,27)28)11-33-20-4-1-14(7-16(20)10-30-33)8-21-22(35)31-23(36-21)32-6-5-29-18(12-32)13-34/h1-4,7-10,18,29,34H,5-6,11-13H2. The second-order valence-electron chi connectivity index (χ2n) is 8.51. The van der Waals surface area contributed by atoms with E-state index in [4.69, 9.17) is 11.6 Å². The summed E-state index contributed by atoms with van der Waals surface area (Å²) in [4.78, 5) is 19.1. The van der Waals surface area contributed by atoms with E-state index in [1.807, 2.05) is 11.0 Å². The minimum atomic E-state index is -4.53. The van der Waals surface area contributed by atoms with Crippen LogP contribution in [0.15, 0.2) is 52.5 Å². The first kappa shape index (κ1) is 24.8. The fraction of sp³-hybridized carbons (Fsp3) is 0.292. The van der Waals surface area contributed by atoms with Crippen LogP contribution in [0.1, 0.15) is 16.7 Å². The first-order valence-electron chi connectivity index (χ1n) is 11.1. The van der Waals surface area contributed by atoms with Crippen LogP contribution in [0.5, 0.6) is 0 Å². The number of benzene rings is 2. The van der Waals surface area contributed by atoms with Gasteiger partial charge in [0.2, 0.25) is 0 Å². The van der Waals surface area contributed by atoms with Crippen LogP contribution in [0.25, 0.3) is 17.0 Å². The molecule has 0 bridgehead atoms. The molecule has 12 heteroatoms. The number of amides is 1. The highest BCUT2D eigenvalue weighted by atomic mass is 35.5. The van der Waals surface area contributed by atoms with Crippen molar-refractivity contribution >= 4 is 51.4 Å². The molecule has 0 saturated carbocycles. The molecule has 0 radical (unpaired) electrons. The third kappa shape index (κ3) is 5.15. The lowest BCUT2D eigenvalue weighted by Crippen LogP contribution is -2.53. The number of halogens is 4. The number of fused-ring (bicyclic) bond motifs is 1. The molecule has 188 valence electrons. The van der Waals surface area contributed by atoms with Crippen LogP contribution in [0.4, 0.5) is 13.2 Å². The number of aliphatic hydroxyl groups excluding tert-OH is 1.